The van der Waals surface area contributed by atoms with Gasteiger partial charge in [-0.3, -0.25) is 0 Å². The number of hydrogen-bond donors (Lipinski definition) is 0. The molecule has 0 amide bonds. The summed E-state index contributed by atoms with van der Waals surface area (Å²) in [4.78, 5) is 5.07. The molecule has 0 aliphatic rings. The SMILES string of the molecule is C[C](C)(C)[Ge]([c]1ccc2c3ccccc3n(-c3cccc(-n4cccn4)c3)c2c1)([c]1ccccn1)[C](C)(C)C. The maximum atomic E-state index is 5.07. The summed E-state index contributed by atoms with van der Waals surface area (Å²) in [6, 6.07) is 33.1. The van der Waals surface area contributed by atoms with Crippen molar-refractivity contribution in [3.63, 3.8) is 0 Å². The normalized spacial score (nSPS) is 12.9. The molecule has 0 N–H and O–H groups in total. The molecule has 0 radical (unpaired) electrons. The van der Waals surface area contributed by atoms with Gasteiger partial charge in [0.15, 0.2) is 0 Å². The summed E-state index contributed by atoms with van der Waals surface area (Å²) in [7, 11) is 0. The minimum atomic E-state index is -3.17. The fourth-order valence-corrected chi connectivity index (χ4v) is 22.1. The van der Waals surface area contributed by atoms with Crippen LogP contribution >= 0.6 is 0 Å². The molecular formula is C34H36GeN4. The van der Waals surface area contributed by atoms with E-state index in [1.165, 1.54) is 30.7 Å². The van der Waals surface area contributed by atoms with Crippen LogP contribution in [0.1, 0.15) is 41.5 Å². The summed E-state index contributed by atoms with van der Waals surface area (Å²) in [5.41, 5.74) is 4.63. The minimum absolute atomic E-state index is 0.0805. The Balaban J connectivity index is 1.70. The van der Waals surface area contributed by atoms with Gasteiger partial charge in [-0.15, -0.1) is 0 Å². The van der Waals surface area contributed by atoms with Crippen molar-refractivity contribution in [3.8, 4) is 11.4 Å². The molecule has 0 spiro atoms. The first kappa shape index (κ1) is 25.6. The molecular weight excluding hydrogens is 537 g/mol. The van der Waals surface area contributed by atoms with Gasteiger partial charge in [-0.1, -0.05) is 0 Å². The number of pyridine rings is 1. The number of rotatable bonds is 4. The molecule has 3 aromatic carbocycles. The van der Waals surface area contributed by atoms with Crippen LogP contribution in [0.5, 0.6) is 0 Å². The Morgan fingerprint density at radius 2 is 1.33 bits per heavy atom. The number of nitrogens with zero attached hydrogens (tertiary/aromatic N) is 4. The van der Waals surface area contributed by atoms with Crippen molar-refractivity contribution < 1.29 is 0 Å². The molecule has 0 fully saturated rings. The zero-order valence-corrected chi connectivity index (χ0v) is 25.8. The first-order valence-corrected chi connectivity index (χ1v) is 17.9. The number of fused-ring (bicyclic) bond motifs is 3. The van der Waals surface area contributed by atoms with Crippen molar-refractivity contribution in [2.24, 2.45) is 0 Å². The molecule has 39 heavy (non-hydrogen) atoms. The first-order valence-electron chi connectivity index (χ1n) is 13.7. The molecule has 6 aromatic rings. The summed E-state index contributed by atoms with van der Waals surface area (Å²) in [5.74, 6) is 0. The van der Waals surface area contributed by atoms with Crippen molar-refractivity contribution >= 4 is 44.0 Å². The van der Waals surface area contributed by atoms with E-state index in [1.807, 2.05) is 35.4 Å². The van der Waals surface area contributed by atoms with Crippen LogP contribution in [-0.2, 0) is 0 Å². The van der Waals surface area contributed by atoms with Gasteiger partial charge < -0.3 is 0 Å². The van der Waals surface area contributed by atoms with Gasteiger partial charge in [-0.2, -0.15) is 0 Å². The Morgan fingerprint density at radius 1 is 0.615 bits per heavy atom. The number of hydrogen-bond acceptors (Lipinski definition) is 2. The standard InChI is InChI=1S/C34H36GeN4/c1-33(2,3)35(34(4,5)6,32-17-9-10-20-36-32)25-18-19-29-28-15-7-8-16-30(28)39(31(29)23-25)27-14-11-13-26(24-27)38-22-12-21-37-38/h7-24H,1-6H3. The molecule has 0 saturated carbocycles. The van der Waals surface area contributed by atoms with Gasteiger partial charge in [-0.05, 0) is 0 Å². The molecule has 4 nitrogen and oxygen atoms in total. The summed E-state index contributed by atoms with van der Waals surface area (Å²) in [6.45, 7) is 14.6. The van der Waals surface area contributed by atoms with E-state index in [2.05, 4.69) is 130 Å². The quantitative estimate of drug-likeness (QED) is 0.205. The van der Waals surface area contributed by atoms with Crippen molar-refractivity contribution in [1.82, 2.24) is 19.3 Å². The molecule has 0 atom stereocenters. The van der Waals surface area contributed by atoms with Crippen molar-refractivity contribution in [2.75, 3.05) is 0 Å². The monoisotopic (exact) mass is 574 g/mol. The van der Waals surface area contributed by atoms with Gasteiger partial charge in [0, 0.05) is 0 Å². The summed E-state index contributed by atoms with van der Waals surface area (Å²) in [6.07, 6.45) is 5.79. The maximum absolute atomic E-state index is 5.07. The number of benzene rings is 3. The molecule has 196 valence electrons. The zero-order chi connectivity index (χ0) is 27.4. The fourth-order valence-electron chi connectivity index (χ4n) is 7.17. The Hall–Kier alpha value is -3.64. The van der Waals surface area contributed by atoms with Gasteiger partial charge in [0.1, 0.15) is 0 Å². The van der Waals surface area contributed by atoms with Crippen molar-refractivity contribution in [2.45, 2.75) is 50.0 Å². The topological polar surface area (TPSA) is 35.6 Å². The Labute approximate surface area is 233 Å². The van der Waals surface area contributed by atoms with E-state index in [0.717, 1.165) is 11.4 Å². The average Bonchev–Trinajstić information content (AvgIpc) is 3.55. The molecule has 0 unspecified atom stereocenters. The molecule has 3 heterocycles. The zero-order valence-electron chi connectivity index (χ0n) is 23.7. The summed E-state index contributed by atoms with van der Waals surface area (Å²) >= 11 is -3.17. The van der Waals surface area contributed by atoms with Gasteiger partial charge in [-0.25, -0.2) is 0 Å². The molecule has 3 aromatic heterocycles. The van der Waals surface area contributed by atoms with E-state index >= 15 is 0 Å². The first-order chi connectivity index (χ1) is 18.6. The van der Waals surface area contributed by atoms with Crippen LogP contribution < -0.4 is 8.92 Å². The van der Waals surface area contributed by atoms with Crippen molar-refractivity contribution in [3.05, 3.63) is 110 Å². The third kappa shape index (κ3) is 3.96. The second-order valence-electron chi connectivity index (χ2n) is 12.5. The van der Waals surface area contributed by atoms with Crippen LogP contribution in [0.4, 0.5) is 0 Å². The van der Waals surface area contributed by atoms with Gasteiger partial charge in [0.2, 0.25) is 0 Å². The van der Waals surface area contributed by atoms with Crippen LogP contribution in [0.2, 0.25) is 8.49 Å². The van der Waals surface area contributed by atoms with E-state index in [9.17, 15) is 0 Å². The second-order valence-corrected chi connectivity index (χ2v) is 24.2. The van der Waals surface area contributed by atoms with E-state index in [-0.39, 0.29) is 8.49 Å². The summed E-state index contributed by atoms with van der Waals surface area (Å²) < 4.78 is 7.27. The van der Waals surface area contributed by atoms with E-state index in [0.29, 0.717) is 0 Å². The van der Waals surface area contributed by atoms with E-state index in [4.69, 9.17) is 4.98 Å². The fraction of sp³-hybridized carbons (Fsp3) is 0.235. The van der Waals surface area contributed by atoms with E-state index in [1.54, 1.807) is 0 Å². The predicted molar refractivity (Wildman–Crippen MR) is 167 cm³/mol. The van der Waals surface area contributed by atoms with Crippen molar-refractivity contribution in [1.29, 1.82) is 0 Å². The van der Waals surface area contributed by atoms with Gasteiger partial charge in [0.25, 0.3) is 0 Å². The van der Waals surface area contributed by atoms with Crippen LogP contribution in [0.15, 0.2) is 110 Å². The van der Waals surface area contributed by atoms with Crippen LogP contribution in [0.3, 0.4) is 0 Å². The Kier molecular flexibility index (Phi) is 6.07. The Morgan fingerprint density at radius 3 is 2.03 bits per heavy atom. The van der Waals surface area contributed by atoms with Gasteiger partial charge in [0.05, 0.1) is 0 Å². The molecule has 0 aliphatic carbocycles. The van der Waals surface area contributed by atoms with Crippen LogP contribution in [0, 0.1) is 0 Å². The predicted octanol–water partition coefficient (Wildman–Crippen LogP) is 7.53. The second kappa shape index (κ2) is 9.23. The average molecular weight is 573 g/mol. The summed E-state index contributed by atoms with van der Waals surface area (Å²) in [5, 5.41) is 7.02. The number of para-hydroxylation sites is 1. The third-order valence-corrected chi connectivity index (χ3v) is 22.4. The molecule has 6 rings (SSSR count). The molecule has 0 bridgehead atoms. The Bertz CT molecular complexity index is 1750. The van der Waals surface area contributed by atoms with Crippen LogP contribution in [-0.4, -0.2) is 32.6 Å². The van der Waals surface area contributed by atoms with E-state index < -0.39 is 13.3 Å². The molecule has 0 aliphatic heterocycles. The third-order valence-electron chi connectivity index (χ3n) is 8.26. The van der Waals surface area contributed by atoms with Crippen LogP contribution in [0.25, 0.3) is 33.2 Å². The number of aromatic nitrogens is 4. The molecule has 0 saturated heterocycles. The van der Waals surface area contributed by atoms with Gasteiger partial charge >= 0.3 is 234 Å². The molecule has 5 heteroatoms.